The molecule has 0 saturated heterocycles. The maximum absolute atomic E-state index is 12.2. The molecule has 94 valence electrons. The molecule has 0 aliphatic heterocycles. The molecule has 0 atom stereocenters. The topological polar surface area (TPSA) is 17.1 Å². The van der Waals surface area contributed by atoms with E-state index < -0.39 is 0 Å². The Hall–Kier alpha value is -1.96. The Labute approximate surface area is 107 Å². The van der Waals surface area contributed by atoms with Crippen LogP contribution in [-0.2, 0) is 0 Å². The zero-order valence-electron chi connectivity index (χ0n) is 10.7. The van der Waals surface area contributed by atoms with Crippen LogP contribution in [-0.4, -0.2) is 5.78 Å². The van der Waals surface area contributed by atoms with Crippen LogP contribution in [0.5, 0.6) is 0 Å². The van der Waals surface area contributed by atoms with Crippen molar-refractivity contribution in [2.45, 2.75) is 20.3 Å². The SMILES string of the molecule is CCC(=O)c1ccccc1.Cc1cccc(F)c1. The van der Waals surface area contributed by atoms with Gasteiger partial charge in [0.15, 0.2) is 5.78 Å². The minimum Gasteiger partial charge on any atom is -0.294 e. The van der Waals surface area contributed by atoms with Crippen molar-refractivity contribution in [2.75, 3.05) is 0 Å². The molecule has 18 heavy (non-hydrogen) atoms. The second-order valence-corrected chi connectivity index (χ2v) is 3.94. The number of carbonyl (C=O) groups is 1. The summed E-state index contributed by atoms with van der Waals surface area (Å²) < 4.78 is 12.2. The summed E-state index contributed by atoms with van der Waals surface area (Å²) in [6.07, 6.45) is 0.587. The third kappa shape index (κ3) is 4.91. The Bertz CT molecular complexity index is 474. The Morgan fingerprint density at radius 1 is 1.06 bits per heavy atom. The number of benzene rings is 2. The van der Waals surface area contributed by atoms with Crippen LogP contribution in [0, 0.1) is 12.7 Å². The first-order valence-corrected chi connectivity index (χ1v) is 5.94. The second-order valence-electron chi connectivity index (χ2n) is 3.94. The Morgan fingerprint density at radius 3 is 2.17 bits per heavy atom. The highest BCUT2D eigenvalue weighted by Crippen LogP contribution is 2.01. The van der Waals surface area contributed by atoms with E-state index in [1.165, 1.54) is 12.1 Å². The van der Waals surface area contributed by atoms with Gasteiger partial charge in [-0.3, -0.25) is 4.79 Å². The molecule has 0 bridgehead atoms. The highest BCUT2D eigenvalue weighted by Gasteiger charge is 1.98. The van der Waals surface area contributed by atoms with Crippen LogP contribution in [0.3, 0.4) is 0 Å². The number of ketones is 1. The highest BCUT2D eigenvalue weighted by atomic mass is 19.1. The largest absolute Gasteiger partial charge is 0.294 e. The number of aryl methyl sites for hydroxylation is 1. The van der Waals surface area contributed by atoms with Crippen molar-refractivity contribution in [2.24, 2.45) is 0 Å². The summed E-state index contributed by atoms with van der Waals surface area (Å²) in [5, 5.41) is 0. The fourth-order valence-electron chi connectivity index (χ4n) is 1.43. The van der Waals surface area contributed by atoms with Gasteiger partial charge < -0.3 is 0 Å². The van der Waals surface area contributed by atoms with Crippen LogP contribution < -0.4 is 0 Å². The van der Waals surface area contributed by atoms with Gasteiger partial charge in [0.2, 0.25) is 0 Å². The molecule has 0 aliphatic rings. The number of hydrogen-bond donors (Lipinski definition) is 0. The third-order valence-electron chi connectivity index (χ3n) is 2.40. The van der Waals surface area contributed by atoms with Crippen LogP contribution in [0.2, 0.25) is 0 Å². The van der Waals surface area contributed by atoms with Crippen molar-refractivity contribution in [3.05, 3.63) is 71.5 Å². The van der Waals surface area contributed by atoms with E-state index in [2.05, 4.69) is 0 Å². The monoisotopic (exact) mass is 244 g/mol. The first-order valence-electron chi connectivity index (χ1n) is 5.94. The molecule has 0 N–H and O–H groups in total. The van der Waals surface area contributed by atoms with Gasteiger partial charge in [0.05, 0.1) is 0 Å². The molecule has 2 rings (SSSR count). The Kier molecular flexibility index (Phi) is 5.78. The van der Waals surface area contributed by atoms with Crippen molar-refractivity contribution in [1.29, 1.82) is 0 Å². The van der Waals surface area contributed by atoms with E-state index in [0.29, 0.717) is 6.42 Å². The summed E-state index contributed by atoms with van der Waals surface area (Å²) in [6, 6.07) is 15.8. The van der Waals surface area contributed by atoms with Gasteiger partial charge in [-0.1, -0.05) is 49.4 Å². The van der Waals surface area contributed by atoms with Crippen LogP contribution in [0.25, 0.3) is 0 Å². The van der Waals surface area contributed by atoms with Crippen molar-refractivity contribution in [3.63, 3.8) is 0 Å². The van der Waals surface area contributed by atoms with E-state index >= 15 is 0 Å². The number of halogens is 1. The normalized spacial score (nSPS) is 9.28. The molecule has 0 saturated carbocycles. The maximum atomic E-state index is 12.2. The van der Waals surface area contributed by atoms with Crippen molar-refractivity contribution >= 4 is 5.78 Å². The Morgan fingerprint density at radius 2 is 1.72 bits per heavy atom. The molecule has 1 nitrogen and oxygen atoms in total. The fraction of sp³-hybridized carbons (Fsp3) is 0.188. The summed E-state index contributed by atoms with van der Waals surface area (Å²) in [4.78, 5) is 11.0. The van der Waals surface area contributed by atoms with E-state index in [4.69, 9.17) is 0 Å². The van der Waals surface area contributed by atoms with Gasteiger partial charge in [-0.15, -0.1) is 0 Å². The summed E-state index contributed by atoms with van der Waals surface area (Å²) in [5.41, 5.74) is 1.77. The lowest BCUT2D eigenvalue weighted by atomic mass is 10.1. The number of hydrogen-bond acceptors (Lipinski definition) is 1. The standard InChI is InChI=1S/C9H10O.C7H7F/c1-2-9(10)8-6-4-3-5-7-8;1-6-3-2-4-7(8)5-6/h3-7H,2H2,1H3;2-5H,1H3. The summed E-state index contributed by atoms with van der Waals surface area (Å²) in [5.74, 6) is 0.0469. The fourth-order valence-corrected chi connectivity index (χ4v) is 1.43. The average Bonchev–Trinajstić information content (AvgIpc) is 2.39. The van der Waals surface area contributed by atoms with E-state index in [-0.39, 0.29) is 11.6 Å². The molecule has 2 heteroatoms. The molecule has 0 spiro atoms. The van der Waals surface area contributed by atoms with Gasteiger partial charge in [-0.2, -0.15) is 0 Å². The second kappa shape index (κ2) is 7.38. The minimum atomic E-state index is -0.162. The van der Waals surface area contributed by atoms with E-state index in [1.807, 2.05) is 50.2 Å². The quantitative estimate of drug-likeness (QED) is 0.715. The van der Waals surface area contributed by atoms with Gasteiger partial charge in [-0.25, -0.2) is 4.39 Å². The van der Waals surface area contributed by atoms with Crippen LogP contribution in [0.1, 0.15) is 29.3 Å². The van der Waals surface area contributed by atoms with Gasteiger partial charge in [0.25, 0.3) is 0 Å². The third-order valence-corrected chi connectivity index (χ3v) is 2.40. The molecule has 0 radical (unpaired) electrons. The van der Waals surface area contributed by atoms with E-state index in [9.17, 15) is 9.18 Å². The molecule has 0 aliphatic carbocycles. The molecule has 2 aromatic carbocycles. The van der Waals surface area contributed by atoms with E-state index in [0.717, 1.165) is 11.1 Å². The number of Topliss-reactive ketones (excluding diaryl/α,β-unsaturated/α-hetero) is 1. The van der Waals surface area contributed by atoms with Crippen LogP contribution >= 0.6 is 0 Å². The molecule has 0 fully saturated rings. The molecular weight excluding hydrogens is 227 g/mol. The first-order chi connectivity index (χ1) is 8.63. The molecular formula is C16H17FO. The summed E-state index contributed by atoms with van der Waals surface area (Å²) in [7, 11) is 0. The highest BCUT2D eigenvalue weighted by molar-refractivity contribution is 5.95. The number of carbonyl (C=O) groups excluding carboxylic acids is 1. The predicted octanol–water partition coefficient (Wildman–Crippen LogP) is 4.41. The lowest BCUT2D eigenvalue weighted by Gasteiger charge is -1.93. The molecule has 2 aromatic rings. The van der Waals surface area contributed by atoms with Gasteiger partial charge in [0, 0.05) is 12.0 Å². The van der Waals surface area contributed by atoms with Crippen LogP contribution in [0.4, 0.5) is 4.39 Å². The molecule has 0 heterocycles. The molecule has 0 aromatic heterocycles. The van der Waals surface area contributed by atoms with Gasteiger partial charge in [0.1, 0.15) is 5.82 Å². The van der Waals surface area contributed by atoms with Crippen molar-refractivity contribution in [3.8, 4) is 0 Å². The maximum Gasteiger partial charge on any atom is 0.162 e. The van der Waals surface area contributed by atoms with Crippen LogP contribution in [0.15, 0.2) is 54.6 Å². The van der Waals surface area contributed by atoms with Crippen molar-refractivity contribution in [1.82, 2.24) is 0 Å². The lowest BCUT2D eigenvalue weighted by molar-refractivity contribution is 0.0988. The first kappa shape index (κ1) is 14.1. The van der Waals surface area contributed by atoms with Crippen molar-refractivity contribution < 1.29 is 9.18 Å². The Balaban J connectivity index is 0.000000184. The molecule has 0 amide bonds. The summed E-state index contributed by atoms with van der Waals surface area (Å²) >= 11 is 0. The molecule has 0 unspecified atom stereocenters. The average molecular weight is 244 g/mol. The number of rotatable bonds is 2. The van der Waals surface area contributed by atoms with Gasteiger partial charge in [-0.05, 0) is 24.6 Å². The van der Waals surface area contributed by atoms with Gasteiger partial charge >= 0.3 is 0 Å². The zero-order valence-corrected chi connectivity index (χ0v) is 10.7. The minimum absolute atomic E-state index is 0.162. The predicted molar refractivity (Wildman–Crippen MR) is 72.2 cm³/mol. The smallest absolute Gasteiger partial charge is 0.162 e. The van der Waals surface area contributed by atoms with E-state index in [1.54, 1.807) is 6.07 Å². The lowest BCUT2D eigenvalue weighted by Crippen LogP contribution is -1.94. The zero-order chi connectivity index (χ0) is 13.4. The summed E-state index contributed by atoms with van der Waals surface area (Å²) in [6.45, 7) is 3.73.